The molecule has 80 valence electrons. The first kappa shape index (κ1) is 9.96. The number of aromatic nitrogens is 3. The third-order valence-corrected chi connectivity index (χ3v) is 2.57. The molecule has 0 aromatic carbocycles. The van der Waals surface area contributed by atoms with Crippen LogP contribution in [0, 0.1) is 0 Å². The van der Waals surface area contributed by atoms with Gasteiger partial charge in [-0.15, -0.1) is 0 Å². The Morgan fingerprint density at radius 3 is 2.93 bits per heavy atom. The summed E-state index contributed by atoms with van der Waals surface area (Å²) < 4.78 is 0. The predicted molar refractivity (Wildman–Crippen MR) is 61.6 cm³/mol. The van der Waals surface area contributed by atoms with Gasteiger partial charge in [0.05, 0.1) is 5.52 Å². The molecule has 0 saturated heterocycles. The molecule has 2 aromatic heterocycles. The summed E-state index contributed by atoms with van der Waals surface area (Å²) in [5.74, 6) is 1.97. The van der Waals surface area contributed by atoms with E-state index in [1.807, 2.05) is 6.07 Å². The van der Waals surface area contributed by atoms with Crippen LogP contribution in [0.2, 0.25) is 0 Å². The number of nitrogens with two attached hydrogens (primary N) is 1. The summed E-state index contributed by atoms with van der Waals surface area (Å²) >= 11 is 0. The van der Waals surface area contributed by atoms with E-state index in [1.54, 1.807) is 6.07 Å². The van der Waals surface area contributed by atoms with Gasteiger partial charge in [0.15, 0.2) is 5.65 Å². The average molecular weight is 204 g/mol. The largest absolute Gasteiger partial charge is 0.384 e. The number of hydrogen-bond donors (Lipinski definition) is 2. The number of hydrogen-bond acceptors (Lipinski definition) is 3. The van der Waals surface area contributed by atoms with Gasteiger partial charge in [-0.25, -0.2) is 9.97 Å². The third-order valence-electron chi connectivity index (χ3n) is 2.57. The van der Waals surface area contributed by atoms with E-state index in [0.29, 0.717) is 17.4 Å². The first-order valence-electron chi connectivity index (χ1n) is 5.33. The highest BCUT2D eigenvalue weighted by Crippen LogP contribution is 2.20. The Morgan fingerprint density at radius 2 is 2.20 bits per heavy atom. The Balaban J connectivity index is 2.38. The van der Waals surface area contributed by atoms with Crippen molar-refractivity contribution in [2.75, 3.05) is 5.73 Å². The lowest BCUT2D eigenvalue weighted by atomic mass is 10.1. The Hall–Kier alpha value is -1.58. The average Bonchev–Trinajstić information content (AvgIpc) is 2.60. The Kier molecular flexibility index (Phi) is 2.58. The fourth-order valence-corrected chi connectivity index (χ4v) is 1.73. The number of anilines is 1. The second-order valence-corrected chi connectivity index (χ2v) is 3.92. The smallest absolute Gasteiger partial charge is 0.179 e. The van der Waals surface area contributed by atoms with Crippen molar-refractivity contribution in [1.29, 1.82) is 0 Å². The molecule has 0 amide bonds. The normalized spacial score (nSPS) is 13.2. The van der Waals surface area contributed by atoms with Crippen molar-refractivity contribution in [3.05, 3.63) is 18.0 Å². The summed E-state index contributed by atoms with van der Waals surface area (Å²) in [6.45, 7) is 4.35. The predicted octanol–water partition coefficient (Wildman–Crippen LogP) is 2.44. The molecule has 2 rings (SSSR count). The number of pyridine rings is 1. The molecule has 2 aromatic rings. The van der Waals surface area contributed by atoms with Crippen LogP contribution in [0.5, 0.6) is 0 Å². The van der Waals surface area contributed by atoms with Crippen molar-refractivity contribution in [3.8, 4) is 0 Å². The number of nitrogens with one attached hydrogen (secondary N) is 1. The van der Waals surface area contributed by atoms with E-state index in [9.17, 15) is 0 Å². The maximum Gasteiger partial charge on any atom is 0.179 e. The van der Waals surface area contributed by atoms with E-state index in [4.69, 9.17) is 5.73 Å². The summed E-state index contributed by atoms with van der Waals surface area (Å²) in [5, 5.41) is 0. The molecule has 0 bridgehead atoms. The second-order valence-electron chi connectivity index (χ2n) is 3.92. The second kappa shape index (κ2) is 3.88. The number of fused-ring (bicyclic) bond motifs is 1. The quantitative estimate of drug-likeness (QED) is 0.806. The van der Waals surface area contributed by atoms with Gasteiger partial charge >= 0.3 is 0 Å². The highest BCUT2D eigenvalue weighted by Gasteiger charge is 2.10. The van der Waals surface area contributed by atoms with Crippen molar-refractivity contribution in [1.82, 2.24) is 15.0 Å². The number of nitrogens with zero attached hydrogens (tertiary/aromatic N) is 2. The number of H-pyrrole nitrogens is 1. The van der Waals surface area contributed by atoms with E-state index in [2.05, 4.69) is 28.8 Å². The van der Waals surface area contributed by atoms with Crippen molar-refractivity contribution in [2.24, 2.45) is 0 Å². The molecule has 0 saturated carbocycles. The van der Waals surface area contributed by atoms with Crippen molar-refractivity contribution < 1.29 is 0 Å². The zero-order chi connectivity index (χ0) is 10.8. The van der Waals surface area contributed by atoms with Crippen molar-refractivity contribution in [2.45, 2.75) is 32.6 Å². The fraction of sp³-hybridized carbons (Fsp3) is 0.455. The molecule has 0 aliphatic rings. The SMILES string of the molecule is CCCC(C)c1nc2nc(N)ccc2[nH]1. The van der Waals surface area contributed by atoms with Crippen LogP contribution in [0.3, 0.4) is 0 Å². The number of rotatable bonds is 3. The topological polar surface area (TPSA) is 67.6 Å². The monoisotopic (exact) mass is 204 g/mol. The lowest BCUT2D eigenvalue weighted by molar-refractivity contribution is 0.635. The van der Waals surface area contributed by atoms with Gasteiger partial charge in [0, 0.05) is 5.92 Å². The standard InChI is InChI=1S/C11H16N4/c1-3-4-7(2)10-13-8-5-6-9(12)14-11(8)15-10/h5-7H,3-4H2,1-2H3,(H3,12,13,14,15). The third kappa shape index (κ3) is 1.93. The van der Waals surface area contributed by atoms with Crippen LogP contribution in [0.4, 0.5) is 5.82 Å². The van der Waals surface area contributed by atoms with Gasteiger partial charge in [0.1, 0.15) is 11.6 Å². The number of nitrogen functional groups attached to an aromatic ring is 1. The van der Waals surface area contributed by atoms with Gasteiger partial charge in [0.2, 0.25) is 0 Å². The van der Waals surface area contributed by atoms with Gasteiger partial charge in [-0.2, -0.15) is 0 Å². The first-order valence-corrected chi connectivity index (χ1v) is 5.33. The molecule has 1 unspecified atom stereocenters. The van der Waals surface area contributed by atoms with Crippen LogP contribution in [-0.2, 0) is 0 Å². The van der Waals surface area contributed by atoms with Crippen molar-refractivity contribution >= 4 is 17.0 Å². The van der Waals surface area contributed by atoms with E-state index < -0.39 is 0 Å². The molecule has 0 aliphatic heterocycles. The van der Waals surface area contributed by atoms with Gasteiger partial charge in [-0.1, -0.05) is 20.3 Å². The van der Waals surface area contributed by atoms with Gasteiger partial charge < -0.3 is 10.7 Å². The molecule has 3 N–H and O–H groups in total. The Labute approximate surface area is 88.9 Å². The molecule has 15 heavy (non-hydrogen) atoms. The molecule has 4 heteroatoms. The van der Waals surface area contributed by atoms with E-state index in [-0.39, 0.29) is 0 Å². The van der Waals surface area contributed by atoms with Gasteiger partial charge in [-0.05, 0) is 18.6 Å². The minimum absolute atomic E-state index is 0.449. The van der Waals surface area contributed by atoms with Gasteiger partial charge in [0.25, 0.3) is 0 Å². The van der Waals surface area contributed by atoms with Crippen LogP contribution < -0.4 is 5.73 Å². The van der Waals surface area contributed by atoms with Gasteiger partial charge in [-0.3, -0.25) is 0 Å². The van der Waals surface area contributed by atoms with Crippen LogP contribution in [0.15, 0.2) is 12.1 Å². The molecule has 0 radical (unpaired) electrons. The highest BCUT2D eigenvalue weighted by molar-refractivity contribution is 5.72. The lowest BCUT2D eigenvalue weighted by Gasteiger charge is -2.04. The summed E-state index contributed by atoms with van der Waals surface area (Å²) in [6, 6.07) is 3.71. The Bertz CT molecular complexity index is 461. The minimum Gasteiger partial charge on any atom is -0.384 e. The van der Waals surface area contributed by atoms with Crippen LogP contribution in [0.25, 0.3) is 11.2 Å². The summed E-state index contributed by atoms with van der Waals surface area (Å²) in [4.78, 5) is 11.9. The molecule has 0 fully saturated rings. The molecule has 2 heterocycles. The molecule has 0 aliphatic carbocycles. The maximum absolute atomic E-state index is 5.60. The first-order chi connectivity index (χ1) is 7.20. The zero-order valence-electron chi connectivity index (χ0n) is 9.12. The molecular weight excluding hydrogens is 188 g/mol. The Morgan fingerprint density at radius 1 is 1.40 bits per heavy atom. The molecule has 0 spiro atoms. The minimum atomic E-state index is 0.449. The summed E-state index contributed by atoms with van der Waals surface area (Å²) in [7, 11) is 0. The molecular formula is C11H16N4. The van der Waals surface area contributed by atoms with E-state index in [1.165, 1.54) is 0 Å². The molecule has 1 atom stereocenters. The lowest BCUT2D eigenvalue weighted by Crippen LogP contribution is -1.95. The fourth-order valence-electron chi connectivity index (χ4n) is 1.73. The van der Waals surface area contributed by atoms with Crippen LogP contribution >= 0.6 is 0 Å². The van der Waals surface area contributed by atoms with E-state index >= 15 is 0 Å². The highest BCUT2D eigenvalue weighted by atomic mass is 15.0. The van der Waals surface area contributed by atoms with E-state index in [0.717, 1.165) is 24.2 Å². The van der Waals surface area contributed by atoms with Crippen LogP contribution in [-0.4, -0.2) is 15.0 Å². The molecule has 4 nitrogen and oxygen atoms in total. The number of imidazole rings is 1. The summed E-state index contributed by atoms with van der Waals surface area (Å²) in [5.41, 5.74) is 7.28. The summed E-state index contributed by atoms with van der Waals surface area (Å²) in [6.07, 6.45) is 2.29. The van der Waals surface area contributed by atoms with Crippen molar-refractivity contribution in [3.63, 3.8) is 0 Å². The maximum atomic E-state index is 5.60. The number of aromatic amines is 1. The zero-order valence-corrected chi connectivity index (χ0v) is 9.12. The van der Waals surface area contributed by atoms with Crippen LogP contribution in [0.1, 0.15) is 38.4 Å².